The fourth-order valence-electron chi connectivity index (χ4n) is 1.26. The highest BCUT2D eigenvalue weighted by atomic mass is 79.9. The van der Waals surface area contributed by atoms with Crippen LogP contribution in [0.15, 0.2) is 27.8 Å². The summed E-state index contributed by atoms with van der Waals surface area (Å²) in [5.74, 6) is -0.419. The van der Waals surface area contributed by atoms with E-state index in [2.05, 4.69) is 26.5 Å². The first-order valence-corrected chi connectivity index (χ1v) is 5.99. The summed E-state index contributed by atoms with van der Waals surface area (Å²) < 4.78 is 0.944. The Labute approximate surface area is 114 Å². The molecule has 0 aliphatic rings. The van der Waals surface area contributed by atoms with Crippen molar-refractivity contribution in [1.29, 1.82) is 5.26 Å². The average Bonchev–Trinajstić information content (AvgIpc) is 2.29. The average molecular weight is 309 g/mol. The lowest BCUT2D eigenvalue weighted by Crippen LogP contribution is -2.16. The first-order chi connectivity index (χ1) is 8.54. The summed E-state index contributed by atoms with van der Waals surface area (Å²) in [7, 11) is 3.91. The molecule has 0 atom stereocenters. The van der Waals surface area contributed by atoms with Gasteiger partial charge in [0.05, 0.1) is 18.0 Å². The molecule has 0 spiro atoms. The lowest BCUT2D eigenvalue weighted by atomic mass is 10.2. The predicted molar refractivity (Wildman–Crippen MR) is 74.4 cm³/mol. The lowest BCUT2D eigenvalue weighted by molar-refractivity contribution is -0.120. The number of amides is 1. The molecule has 0 aliphatic carbocycles. The maximum Gasteiger partial charge on any atom is 0.254 e. The number of carbonyl (C=O) groups is 1. The minimum Gasteiger partial charge on any atom is -0.377 e. The topological polar surface area (TPSA) is 68.5 Å². The molecule has 1 N–H and O–H groups in total. The van der Waals surface area contributed by atoms with E-state index in [1.54, 1.807) is 6.07 Å². The Morgan fingerprint density at radius 2 is 2.33 bits per heavy atom. The van der Waals surface area contributed by atoms with Gasteiger partial charge in [0.1, 0.15) is 6.42 Å². The molecule has 0 radical (unpaired) electrons. The van der Waals surface area contributed by atoms with E-state index >= 15 is 0 Å². The second kappa shape index (κ2) is 6.77. The van der Waals surface area contributed by atoms with Crippen molar-refractivity contribution >= 4 is 33.7 Å². The Balaban J connectivity index is 2.69. The number of hydrogen-bond acceptors (Lipinski definition) is 4. The molecule has 18 heavy (non-hydrogen) atoms. The second-order valence-corrected chi connectivity index (χ2v) is 4.59. The lowest BCUT2D eigenvalue weighted by Gasteiger charge is -2.14. The fourth-order valence-corrected chi connectivity index (χ4v) is 2.01. The molecule has 1 aromatic rings. The quantitative estimate of drug-likeness (QED) is 0.682. The van der Waals surface area contributed by atoms with Gasteiger partial charge in [0.15, 0.2) is 0 Å². The first-order valence-electron chi connectivity index (χ1n) is 5.20. The molecule has 5 nitrogen and oxygen atoms in total. The van der Waals surface area contributed by atoms with Crippen LogP contribution in [0.5, 0.6) is 0 Å². The monoisotopic (exact) mass is 308 g/mol. The molecule has 0 saturated carbocycles. The van der Waals surface area contributed by atoms with Crippen molar-refractivity contribution in [2.24, 2.45) is 5.10 Å². The minimum absolute atomic E-state index is 0.194. The van der Waals surface area contributed by atoms with E-state index in [0.717, 1.165) is 15.7 Å². The van der Waals surface area contributed by atoms with Crippen LogP contribution in [-0.4, -0.2) is 26.2 Å². The van der Waals surface area contributed by atoms with Crippen LogP contribution in [0.2, 0.25) is 0 Å². The molecule has 0 aromatic heterocycles. The Hall–Kier alpha value is -1.87. The number of carbonyl (C=O) groups excluding carboxylic acids is 1. The molecule has 6 heteroatoms. The number of nitrogens with one attached hydrogen (secondary N) is 1. The number of hydrogen-bond donors (Lipinski definition) is 1. The first kappa shape index (κ1) is 14.2. The molecule has 0 saturated heterocycles. The van der Waals surface area contributed by atoms with E-state index in [-0.39, 0.29) is 6.42 Å². The Kier molecular flexibility index (Phi) is 5.33. The van der Waals surface area contributed by atoms with Gasteiger partial charge in [0.2, 0.25) is 0 Å². The van der Waals surface area contributed by atoms with Gasteiger partial charge in [-0.3, -0.25) is 4.79 Å². The molecule has 0 aliphatic heterocycles. The largest absolute Gasteiger partial charge is 0.377 e. The third-order valence-electron chi connectivity index (χ3n) is 2.10. The normalized spacial score (nSPS) is 10.1. The van der Waals surface area contributed by atoms with Crippen LogP contribution in [0.1, 0.15) is 12.0 Å². The minimum atomic E-state index is -0.419. The third kappa shape index (κ3) is 4.18. The van der Waals surface area contributed by atoms with E-state index in [1.807, 2.05) is 37.2 Å². The number of nitrogens with zero attached hydrogens (tertiary/aromatic N) is 3. The molecule has 1 amide bonds. The number of nitriles is 1. The molecular formula is C12H13BrN4O. The van der Waals surface area contributed by atoms with Gasteiger partial charge in [-0.25, -0.2) is 5.43 Å². The van der Waals surface area contributed by atoms with Crippen LogP contribution in [0.25, 0.3) is 0 Å². The summed E-state index contributed by atoms with van der Waals surface area (Å²) in [4.78, 5) is 13.0. The highest BCUT2D eigenvalue weighted by Gasteiger charge is 2.02. The number of benzene rings is 1. The van der Waals surface area contributed by atoms with Crippen LogP contribution >= 0.6 is 15.9 Å². The maximum atomic E-state index is 11.0. The van der Waals surface area contributed by atoms with Crippen LogP contribution in [0.4, 0.5) is 5.69 Å². The van der Waals surface area contributed by atoms with E-state index in [9.17, 15) is 4.79 Å². The van der Waals surface area contributed by atoms with Crippen molar-refractivity contribution in [2.45, 2.75) is 6.42 Å². The van der Waals surface area contributed by atoms with E-state index in [1.165, 1.54) is 6.21 Å². The van der Waals surface area contributed by atoms with Crippen molar-refractivity contribution < 1.29 is 4.79 Å². The number of hydrazone groups is 1. The van der Waals surface area contributed by atoms with Gasteiger partial charge in [-0.2, -0.15) is 10.4 Å². The molecule has 94 valence electrons. The molecule has 0 fully saturated rings. The molecule has 0 unspecified atom stereocenters. The van der Waals surface area contributed by atoms with Gasteiger partial charge < -0.3 is 4.90 Å². The van der Waals surface area contributed by atoms with Crippen molar-refractivity contribution in [3.8, 4) is 6.07 Å². The zero-order valence-electron chi connectivity index (χ0n) is 10.1. The van der Waals surface area contributed by atoms with Gasteiger partial charge in [-0.15, -0.1) is 0 Å². The van der Waals surface area contributed by atoms with E-state index in [4.69, 9.17) is 5.26 Å². The number of anilines is 1. The Bertz CT molecular complexity index is 505. The van der Waals surface area contributed by atoms with Gasteiger partial charge in [-0.1, -0.05) is 6.07 Å². The SMILES string of the molecule is CN(C)c1ccc(/C=N\NC(=O)CC#N)cc1Br. The van der Waals surface area contributed by atoms with Crippen molar-refractivity contribution in [2.75, 3.05) is 19.0 Å². The Morgan fingerprint density at radius 1 is 1.61 bits per heavy atom. The predicted octanol–water partition coefficient (Wildman–Crippen LogP) is 1.88. The third-order valence-corrected chi connectivity index (χ3v) is 2.73. The van der Waals surface area contributed by atoms with Crippen LogP contribution in [0.3, 0.4) is 0 Å². The molecule has 1 rings (SSSR count). The van der Waals surface area contributed by atoms with Crippen molar-refractivity contribution in [1.82, 2.24) is 5.43 Å². The highest BCUT2D eigenvalue weighted by Crippen LogP contribution is 2.25. The number of rotatable bonds is 4. The van der Waals surface area contributed by atoms with Gasteiger partial charge in [0.25, 0.3) is 5.91 Å². The molecule has 0 bridgehead atoms. The summed E-state index contributed by atoms with van der Waals surface area (Å²) in [5.41, 5.74) is 4.18. The van der Waals surface area contributed by atoms with Crippen molar-refractivity contribution in [3.05, 3.63) is 28.2 Å². The van der Waals surface area contributed by atoms with Crippen molar-refractivity contribution in [3.63, 3.8) is 0 Å². The standard InChI is InChI=1S/C12H13BrN4O/c1-17(2)11-4-3-9(7-10(11)13)8-15-16-12(18)5-6-14/h3-4,7-8H,5H2,1-2H3,(H,16,18)/b15-8-. The zero-order valence-corrected chi connectivity index (χ0v) is 11.7. The zero-order chi connectivity index (χ0) is 13.5. The summed E-state index contributed by atoms with van der Waals surface area (Å²) in [5, 5.41) is 12.1. The summed E-state index contributed by atoms with van der Waals surface area (Å²) in [6.07, 6.45) is 1.33. The summed E-state index contributed by atoms with van der Waals surface area (Å²) in [6.45, 7) is 0. The van der Waals surface area contributed by atoms with Gasteiger partial charge >= 0.3 is 0 Å². The van der Waals surface area contributed by atoms with E-state index < -0.39 is 5.91 Å². The summed E-state index contributed by atoms with van der Waals surface area (Å²) >= 11 is 3.46. The molecule has 0 heterocycles. The molecular weight excluding hydrogens is 296 g/mol. The smallest absolute Gasteiger partial charge is 0.254 e. The number of halogens is 1. The maximum absolute atomic E-state index is 11.0. The van der Waals surface area contributed by atoms with Crippen LogP contribution < -0.4 is 10.3 Å². The van der Waals surface area contributed by atoms with Gasteiger partial charge in [0, 0.05) is 18.6 Å². The summed E-state index contributed by atoms with van der Waals surface area (Å²) in [6, 6.07) is 7.48. The van der Waals surface area contributed by atoms with Crippen LogP contribution in [-0.2, 0) is 4.79 Å². The second-order valence-electron chi connectivity index (χ2n) is 3.73. The Morgan fingerprint density at radius 3 is 2.89 bits per heavy atom. The highest BCUT2D eigenvalue weighted by molar-refractivity contribution is 9.10. The fraction of sp³-hybridized carbons (Fsp3) is 0.250. The van der Waals surface area contributed by atoms with E-state index in [0.29, 0.717) is 0 Å². The van der Waals surface area contributed by atoms with Crippen LogP contribution in [0, 0.1) is 11.3 Å². The molecule has 1 aromatic carbocycles. The van der Waals surface area contributed by atoms with Gasteiger partial charge in [-0.05, 0) is 33.6 Å².